The molecule has 2 heterocycles. The number of thiazole rings is 1. The van der Waals surface area contributed by atoms with Crippen molar-refractivity contribution in [2.24, 2.45) is 0 Å². The van der Waals surface area contributed by atoms with Crippen LogP contribution >= 0.6 is 11.3 Å². The number of unbranched alkanes of at least 4 members (excludes halogenated alkanes) is 2. The second-order valence-corrected chi connectivity index (χ2v) is 8.38. The summed E-state index contributed by atoms with van der Waals surface area (Å²) >= 11 is 1.43. The molecule has 0 bridgehead atoms. The summed E-state index contributed by atoms with van der Waals surface area (Å²) in [4.78, 5) is 31.5. The van der Waals surface area contributed by atoms with Crippen LogP contribution in [0.1, 0.15) is 42.4 Å². The molecule has 0 aliphatic heterocycles. The van der Waals surface area contributed by atoms with E-state index in [1.807, 2.05) is 43.3 Å². The zero-order valence-electron chi connectivity index (χ0n) is 17.6. The molecule has 4 aromatic rings. The summed E-state index contributed by atoms with van der Waals surface area (Å²) in [6, 6.07) is 17.1. The van der Waals surface area contributed by atoms with E-state index in [9.17, 15) is 9.59 Å². The second-order valence-electron chi connectivity index (χ2n) is 7.38. The lowest BCUT2D eigenvalue weighted by Crippen LogP contribution is -2.27. The minimum absolute atomic E-state index is 0.167. The summed E-state index contributed by atoms with van der Waals surface area (Å²) in [5.41, 5.74) is 1.99. The van der Waals surface area contributed by atoms with Crippen LogP contribution in [0.2, 0.25) is 0 Å². The molecule has 1 amide bonds. The predicted molar refractivity (Wildman–Crippen MR) is 126 cm³/mol. The Morgan fingerprint density at radius 2 is 1.74 bits per heavy atom. The third-order valence-electron chi connectivity index (χ3n) is 5.11. The van der Waals surface area contributed by atoms with Gasteiger partial charge in [-0.15, -0.1) is 0 Å². The summed E-state index contributed by atoms with van der Waals surface area (Å²) < 4.78 is 1.41. The smallest absolute Gasteiger partial charge is 0.278 e. The first-order valence-electron chi connectivity index (χ1n) is 10.4. The predicted octanol–water partition coefficient (Wildman–Crippen LogP) is 5.27. The van der Waals surface area contributed by atoms with E-state index in [-0.39, 0.29) is 17.2 Å². The average Bonchev–Trinajstić information content (AvgIpc) is 3.16. The van der Waals surface area contributed by atoms with Gasteiger partial charge in [0.05, 0.1) is 16.0 Å². The number of aryl methyl sites for hydroxylation is 2. The minimum atomic E-state index is -0.367. The molecule has 0 spiro atoms. The fraction of sp³-hybridized carbons (Fsp3) is 0.250. The lowest BCUT2D eigenvalue weighted by Gasteiger charge is -2.10. The number of benzene rings is 2. The molecule has 31 heavy (non-hydrogen) atoms. The van der Waals surface area contributed by atoms with Crippen molar-refractivity contribution in [1.82, 2.24) is 14.8 Å². The van der Waals surface area contributed by atoms with E-state index in [1.54, 1.807) is 18.2 Å². The van der Waals surface area contributed by atoms with Crippen LogP contribution < -0.4 is 10.9 Å². The van der Waals surface area contributed by atoms with Crippen LogP contribution in [-0.4, -0.2) is 20.7 Å². The summed E-state index contributed by atoms with van der Waals surface area (Å²) in [6.07, 6.45) is 2.89. The van der Waals surface area contributed by atoms with E-state index >= 15 is 0 Å². The molecule has 6 nitrogen and oxygen atoms in total. The zero-order chi connectivity index (χ0) is 21.8. The molecule has 0 fully saturated rings. The van der Waals surface area contributed by atoms with E-state index in [2.05, 4.69) is 22.3 Å². The van der Waals surface area contributed by atoms with Gasteiger partial charge >= 0.3 is 0 Å². The highest BCUT2D eigenvalue weighted by Crippen LogP contribution is 2.32. The first-order chi connectivity index (χ1) is 15.1. The van der Waals surface area contributed by atoms with Gasteiger partial charge in [-0.1, -0.05) is 79.6 Å². The molecule has 158 valence electrons. The van der Waals surface area contributed by atoms with Crippen molar-refractivity contribution in [2.45, 2.75) is 39.7 Å². The average molecular weight is 433 g/mol. The highest BCUT2D eigenvalue weighted by Gasteiger charge is 2.19. The molecule has 0 radical (unpaired) electrons. The number of nitrogens with one attached hydrogen (secondary N) is 1. The number of aromatic nitrogens is 3. The molecule has 0 aliphatic rings. The number of hydrogen-bond donors (Lipinski definition) is 1. The van der Waals surface area contributed by atoms with Crippen molar-refractivity contribution in [2.75, 3.05) is 5.32 Å². The van der Waals surface area contributed by atoms with Crippen LogP contribution in [0.15, 0.2) is 59.4 Å². The fourth-order valence-corrected chi connectivity index (χ4v) is 4.50. The number of carbonyl (C=O) groups excluding carboxylic acids is 1. The standard InChI is InChI=1S/C24H24N4O2S/c1-3-4-10-15-28-23(30)19-14-9-8-13-18(19)20(27-28)22(29)26-24-25-16(2)21(31-24)17-11-6-5-7-12-17/h5-9,11-14H,3-4,10,15H2,1-2H3,(H,25,26,29). The molecule has 2 aromatic carbocycles. The van der Waals surface area contributed by atoms with Crippen LogP contribution in [-0.2, 0) is 6.54 Å². The Bertz CT molecular complexity index is 1280. The van der Waals surface area contributed by atoms with Gasteiger partial charge < -0.3 is 0 Å². The number of nitrogens with zero attached hydrogens (tertiary/aromatic N) is 3. The Labute approximate surface area is 184 Å². The van der Waals surface area contributed by atoms with Crippen molar-refractivity contribution < 1.29 is 4.79 Å². The van der Waals surface area contributed by atoms with Crippen LogP contribution in [0, 0.1) is 6.92 Å². The molecule has 7 heteroatoms. The third-order valence-corrected chi connectivity index (χ3v) is 6.23. The SMILES string of the molecule is CCCCCn1nc(C(=O)Nc2nc(C)c(-c3ccccc3)s2)c2ccccc2c1=O. The number of carbonyl (C=O) groups is 1. The Balaban J connectivity index is 1.68. The van der Waals surface area contributed by atoms with Crippen molar-refractivity contribution >= 4 is 33.1 Å². The molecule has 0 saturated heterocycles. The first kappa shape index (κ1) is 20.9. The number of anilines is 1. The van der Waals surface area contributed by atoms with Gasteiger partial charge in [0, 0.05) is 11.9 Å². The van der Waals surface area contributed by atoms with E-state index in [0.29, 0.717) is 22.4 Å². The molecule has 2 aromatic heterocycles. The molecule has 0 unspecified atom stereocenters. The molecule has 0 aliphatic carbocycles. The lowest BCUT2D eigenvalue weighted by molar-refractivity contribution is 0.102. The maximum Gasteiger partial charge on any atom is 0.278 e. The zero-order valence-corrected chi connectivity index (χ0v) is 18.4. The van der Waals surface area contributed by atoms with Crippen LogP contribution in [0.3, 0.4) is 0 Å². The second kappa shape index (κ2) is 9.22. The quantitative estimate of drug-likeness (QED) is 0.404. The van der Waals surface area contributed by atoms with Crippen LogP contribution in [0.5, 0.6) is 0 Å². The van der Waals surface area contributed by atoms with E-state index in [4.69, 9.17) is 0 Å². The van der Waals surface area contributed by atoms with E-state index in [0.717, 1.165) is 35.4 Å². The molecular weight excluding hydrogens is 408 g/mol. The molecule has 0 atom stereocenters. The van der Waals surface area contributed by atoms with Gasteiger partial charge in [-0.3, -0.25) is 14.9 Å². The van der Waals surface area contributed by atoms with Crippen molar-refractivity contribution in [3.63, 3.8) is 0 Å². The van der Waals surface area contributed by atoms with Crippen LogP contribution in [0.25, 0.3) is 21.2 Å². The molecule has 0 saturated carbocycles. The van der Waals surface area contributed by atoms with Crippen molar-refractivity contribution in [3.8, 4) is 10.4 Å². The molecular formula is C24H24N4O2S. The van der Waals surface area contributed by atoms with Crippen molar-refractivity contribution in [3.05, 3.63) is 76.3 Å². The number of fused-ring (bicyclic) bond motifs is 1. The summed E-state index contributed by atoms with van der Waals surface area (Å²) in [7, 11) is 0. The fourth-order valence-electron chi connectivity index (χ4n) is 3.53. The van der Waals surface area contributed by atoms with Gasteiger partial charge in [0.1, 0.15) is 0 Å². The normalized spacial score (nSPS) is 11.0. The topological polar surface area (TPSA) is 76.9 Å². The van der Waals surface area contributed by atoms with Crippen LogP contribution in [0.4, 0.5) is 5.13 Å². The maximum atomic E-state index is 13.2. The lowest BCUT2D eigenvalue weighted by atomic mass is 10.1. The highest BCUT2D eigenvalue weighted by atomic mass is 32.1. The summed E-state index contributed by atoms with van der Waals surface area (Å²) in [6.45, 7) is 4.53. The largest absolute Gasteiger partial charge is 0.296 e. The number of rotatable bonds is 7. The Kier molecular flexibility index (Phi) is 6.23. The summed E-state index contributed by atoms with van der Waals surface area (Å²) in [5, 5.41) is 8.87. The Morgan fingerprint density at radius 3 is 2.48 bits per heavy atom. The monoisotopic (exact) mass is 432 g/mol. The number of amides is 1. The molecule has 1 N–H and O–H groups in total. The van der Waals surface area contributed by atoms with E-state index < -0.39 is 0 Å². The van der Waals surface area contributed by atoms with Gasteiger partial charge in [-0.05, 0) is 25.0 Å². The first-order valence-corrected chi connectivity index (χ1v) is 11.2. The van der Waals surface area contributed by atoms with Gasteiger partial charge in [-0.2, -0.15) is 5.10 Å². The van der Waals surface area contributed by atoms with Gasteiger partial charge in [-0.25, -0.2) is 9.67 Å². The van der Waals surface area contributed by atoms with Crippen molar-refractivity contribution in [1.29, 1.82) is 0 Å². The highest BCUT2D eigenvalue weighted by molar-refractivity contribution is 7.19. The molecule has 4 rings (SSSR count). The minimum Gasteiger partial charge on any atom is -0.296 e. The van der Waals surface area contributed by atoms with Gasteiger partial charge in [0.15, 0.2) is 10.8 Å². The van der Waals surface area contributed by atoms with Gasteiger partial charge in [0.2, 0.25) is 0 Å². The van der Waals surface area contributed by atoms with E-state index in [1.165, 1.54) is 16.0 Å². The maximum absolute atomic E-state index is 13.2. The Hall–Kier alpha value is -3.32. The van der Waals surface area contributed by atoms with Gasteiger partial charge in [0.25, 0.3) is 11.5 Å². The third kappa shape index (κ3) is 4.41. The Morgan fingerprint density at radius 1 is 1.03 bits per heavy atom. The summed E-state index contributed by atoms with van der Waals surface area (Å²) in [5.74, 6) is -0.367. The number of hydrogen-bond acceptors (Lipinski definition) is 5.